The summed E-state index contributed by atoms with van der Waals surface area (Å²) in [5.74, 6) is 0. The van der Waals surface area contributed by atoms with E-state index < -0.39 is 16.8 Å². The van der Waals surface area contributed by atoms with E-state index in [1.807, 2.05) is 12.1 Å². The molecule has 0 aromatic heterocycles. The zero-order valence-electron chi connectivity index (χ0n) is 27.9. The Hall–Kier alpha value is -2.01. The van der Waals surface area contributed by atoms with Crippen molar-refractivity contribution in [2.75, 3.05) is 0 Å². The molecule has 0 bridgehead atoms. The molecule has 0 atom stereocenters. The first-order valence-corrected chi connectivity index (χ1v) is 15.0. The molecule has 0 heterocycles. The van der Waals surface area contributed by atoms with E-state index in [4.69, 9.17) is 0 Å². The van der Waals surface area contributed by atoms with Crippen LogP contribution >= 0.6 is 0 Å². The minimum absolute atomic E-state index is 0.750. The zero-order valence-corrected chi connectivity index (χ0v) is 29.4. The van der Waals surface area contributed by atoms with Crippen LogP contribution in [0.3, 0.4) is 0 Å². The maximum absolute atomic E-state index is 10.1. The predicted octanol–water partition coefficient (Wildman–Crippen LogP) is 7.42. The van der Waals surface area contributed by atoms with Crippen LogP contribution in [0.1, 0.15) is 94.2 Å². The van der Waals surface area contributed by atoms with Crippen molar-refractivity contribution in [2.24, 2.45) is 0 Å². The first kappa shape index (κ1) is 43.4. The fourth-order valence-electron chi connectivity index (χ4n) is 2.29. The Morgan fingerprint density at radius 1 is 0.585 bits per heavy atom. The third-order valence-electron chi connectivity index (χ3n) is 3.52. The van der Waals surface area contributed by atoms with Gasteiger partial charge in [0.25, 0.3) is 0 Å². The summed E-state index contributed by atoms with van der Waals surface area (Å²) in [5.41, 5.74) is 3.15. The van der Waals surface area contributed by atoms with E-state index in [0.29, 0.717) is 0 Å². The van der Waals surface area contributed by atoms with Crippen LogP contribution in [0.4, 0.5) is 0 Å². The van der Waals surface area contributed by atoms with Crippen molar-refractivity contribution < 1.29 is 35.8 Å². The van der Waals surface area contributed by atoms with Crippen molar-refractivity contribution in [3.05, 3.63) is 118 Å². The van der Waals surface area contributed by atoms with Gasteiger partial charge < -0.3 is 15.3 Å². The van der Waals surface area contributed by atoms with E-state index in [2.05, 4.69) is 124 Å². The quantitative estimate of drug-likeness (QED) is 0.257. The predicted molar refractivity (Wildman–Crippen MR) is 171 cm³/mol. The Bertz CT molecular complexity index is 882. The molecule has 0 fully saturated rings. The van der Waals surface area contributed by atoms with Gasteiger partial charge in [-0.05, 0) is 24.0 Å². The van der Waals surface area contributed by atoms with Gasteiger partial charge in [-0.25, -0.2) is 0 Å². The third-order valence-corrected chi connectivity index (χ3v) is 4.23. The standard InChI is InChI=1S/C18H18.C7H11.3C4H9O.Ti/c1(5-11-17-13-7-3-8-14-17)2-6-12-18-15-9-4-10-16-18;1-6(2)5-7(3)4;3*1-4(2,3)5;/h1-10,13-16H,11-12H2;1,5H,2-4H3;3*1-3H3;/q;;3*-1;+3. The topological polar surface area (TPSA) is 69.2 Å². The summed E-state index contributed by atoms with van der Waals surface area (Å²) < 4.78 is 2.10. The fourth-order valence-corrected chi connectivity index (χ4v) is 2.42. The second-order valence-corrected chi connectivity index (χ2v) is 13.1. The molecule has 0 unspecified atom stereocenters. The van der Waals surface area contributed by atoms with Gasteiger partial charge in [-0.3, -0.25) is 0 Å². The van der Waals surface area contributed by atoms with Crippen LogP contribution in [0.5, 0.6) is 0 Å². The van der Waals surface area contributed by atoms with Gasteiger partial charge in [-0.15, -0.1) is 16.8 Å². The Balaban J connectivity index is -0.000000521. The van der Waals surface area contributed by atoms with Gasteiger partial charge in [-0.2, -0.15) is 0 Å². The van der Waals surface area contributed by atoms with Crippen molar-refractivity contribution in [3.63, 3.8) is 0 Å². The number of allylic oxidation sites excluding steroid dienone is 7. The molecule has 0 aliphatic carbocycles. The normalized spacial score (nSPS) is 11.6. The molecule has 0 radical (unpaired) electrons. The average molecular weight is 597 g/mol. The van der Waals surface area contributed by atoms with Gasteiger partial charge in [0.2, 0.25) is 0 Å². The number of hydrogen-bond donors (Lipinski definition) is 0. The van der Waals surface area contributed by atoms with Gasteiger partial charge in [-0.1, -0.05) is 147 Å². The Kier molecular flexibility index (Phi) is 26.0. The second-order valence-electron chi connectivity index (χ2n) is 12.7. The van der Waals surface area contributed by atoms with E-state index in [0.717, 1.165) is 12.8 Å². The summed E-state index contributed by atoms with van der Waals surface area (Å²) in [4.78, 5) is 0. The fraction of sp³-hybridized carbons (Fsp3) is 0.459. The second kappa shape index (κ2) is 24.6. The van der Waals surface area contributed by atoms with Crippen LogP contribution in [0.25, 0.3) is 0 Å². The average Bonchev–Trinajstić information content (AvgIpc) is 2.79. The van der Waals surface area contributed by atoms with Crippen LogP contribution in [0, 0.1) is 0 Å². The van der Waals surface area contributed by atoms with E-state index in [1.54, 1.807) is 62.3 Å². The van der Waals surface area contributed by atoms with E-state index in [-0.39, 0.29) is 0 Å². The zero-order chi connectivity index (χ0) is 32.5. The van der Waals surface area contributed by atoms with E-state index in [9.17, 15) is 15.3 Å². The number of rotatable bonds is 6. The van der Waals surface area contributed by atoms with Crippen LogP contribution in [-0.4, -0.2) is 16.8 Å². The Labute approximate surface area is 265 Å². The molecule has 0 saturated carbocycles. The molecule has 4 heteroatoms. The van der Waals surface area contributed by atoms with Gasteiger partial charge in [0.15, 0.2) is 0 Å². The molecule has 0 amide bonds. The summed E-state index contributed by atoms with van der Waals surface area (Å²) in [6.07, 6.45) is 12.8. The van der Waals surface area contributed by atoms with Crippen molar-refractivity contribution in [1.29, 1.82) is 0 Å². The van der Waals surface area contributed by atoms with Crippen LogP contribution < -0.4 is 15.3 Å². The summed E-state index contributed by atoms with van der Waals surface area (Å²) in [6.45, 7) is 21.0. The molecular formula is C37H56O3Ti. The molecule has 3 nitrogen and oxygen atoms in total. The van der Waals surface area contributed by atoms with Gasteiger partial charge in [0.1, 0.15) is 0 Å². The van der Waals surface area contributed by atoms with Gasteiger partial charge in [0, 0.05) is 0 Å². The van der Waals surface area contributed by atoms with Crippen molar-refractivity contribution in [1.82, 2.24) is 0 Å². The van der Waals surface area contributed by atoms with Crippen LogP contribution in [0.15, 0.2) is 107 Å². The van der Waals surface area contributed by atoms with Crippen LogP contribution in [-0.2, 0) is 33.3 Å². The summed E-state index contributed by atoms with van der Waals surface area (Å²) in [6, 6.07) is 21.0. The van der Waals surface area contributed by atoms with Crippen LogP contribution in [0.2, 0.25) is 0 Å². The molecule has 0 N–H and O–H groups in total. The third kappa shape index (κ3) is 58.6. The molecule has 0 saturated heterocycles. The molecule has 41 heavy (non-hydrogen) atoms. The van der Waals surface area contributed by atoms with Gasteiger partial charge >= 0.3 is 62.8 Å². The molecule has 0 aliphatic rings. The summed E-state index contributed by atoms with van der Waals surface area (Å²) in [7, 11) is 0. The molecule has 2 rings (SSSR count). The van der Waals surface area contributed by atoms with Crippen molar-refractivity contribution >= 4 is 0 Å². The van der Waals surface area contributed by atoms with E-state index >= 15 is 0 Å². The van der Waals surface area contributed by atoms with Gasteiger partial charge in [0.05, 0.1) is 0 Å². The molecule has 226 valence electrons. The van der Waals surface area contributed by atoms with Crippen molar-refractivity contribution in [3.8, 4) is 0 Å². The first-order chi connectivity index (χ1) is 18.6. The summed E-state index contributed by atoms with van der Waals surface area (Å²) >= 11 is 2.05. The molecule has 2 aromatic carbocycles. The number of hydrogen-bond acceptors (Lipinski definition) is 3. The number of benzene rings is 2. The van der Waals surface area contributed by atoms with E-state index in [1.165, 1.54) is 22.3 Å². The van der Waals surface area contributed by atoms with Crippen molar-refractivity contribution in [2.45, 2.75) is 113 Å². The maximum atomic E-state index is 10.1. The molecular weight excluding hydrogens is 540 g/mol. The molecule has 0 spiro atoms. The summed E-state index contributed by atoms with van der Waals surface area (Å²) in [5, 5.41) is 30.3. The SMILES string of the molecule is C(C=CCc1ccccc1)=CCc1ccccc1.CC(C)(C)[O-].CC(C)(C)[O-].CC(C)(C)[O-].CC(C)=CC(C)=[CH][Ti+3]. The molecule has 0 aliphatic heterocycles. The monoisotopic (exact) mass is 596 g/mol. The minimum atomic E-state index is -0.750. The Morgan fingerprint density at radius 3 is 1.05 bits per heavy atom. The Morgan fingerprint density at radius 2 is 0.854 bits per heavy atom. The molecule has 2 aromatic rings. The first-order valence-electron chi connectivity index (χ1n) is 14.1.